The summed E-state index contributed by atoms with van der Waals surface area (Å²) in [6.45, 7) is 4.62. The van der Waals surface area contributed by atoms with Crippen molar-refractivity contribution in [2.75, 3.05) is 26.7 Å². The Morgan fingerprint density at radius 1 is 1.29 bits per heavy atom. The predicted molar refractivity (Wildman–Crippen MR) is 99.3 cm³/mol. The average molecular weight is 332 g/mol. The number of aliphatic imine (C=N–C) groups is 1. The van der Waals surface area contributed by atoms with Gasteiger partial charge in [-0.05, 0) is 44.2 Å². The Kier molecular flexibility index (Phi) is 8.60. The second-order valence-electron chi connectivity index (χ2n) is 6.32. The van der Waals surface area contributed by atoms with Crippen LogP contribution < -0.4 is 10.6 Å². The van der Waals surface area contributed by atoms with E-state index in [1.165, 1.54) is 25.7 Å². The van der Waals surface area contributed by atoms with Gasteiger partial charge in [0.2, 0.25) is 0 Å². The highest BCUT2D eigenvalue weighted by atomic mass is 16.5. The lowest BCUT2D eigenvalue weighted by atomic mass is 9.98. The van der Waals surface area contributed by atoms with Gasteiger partial charge in [0.1, 0.15) is 0 Å². The zero-order valence-electron chi connectivity index (χ0n) is 15.1. The largest absolute Gasteiger partial charge is 0.378 e. The van der Waals surface area contributed by atoms with Gasteiger partial charge in [-0.2, -0.15) is 0 Å². The quantitative estimate of drug-likeness (QED) is 0.539. The van der Waals surface area contributed by atoms with Crippen molar-refractivity contribution >= 4 is 5.96 Å². The van der Waals surface area contributed by atoms with Gasteiger partial charge in [-0.25, -0.2) is 0 Å². The Balaban J connectivity index is 1.66. The monoisotopic (exact) mass is 332 g/mol. The lowest BCUT2D eigenvalue weighted by Gasteiger charge is -2.24. The fourth-order valence-corrected chi connectivity index (χ4v) is 3.41. The van der Waals surface area contributed by atoms with Gasteiger partial charge < -0.3 is 15.4 Å². The maximum absolute atomic E-state index is 5.97. The summed E-state index contributed by atoms with van der Waals surface area (Å²) in [6.07, 6.45) is 9.51. The first-order chi connectivity index (χ1) is 11.8. The first kappa shape index (κ1) is 18.7. The number of guanidine groups is 1. The van der Waals surface area contributed by atoms with Gasteiger partial charge >= 0.3 is 0 Å². The van der Waals surface area contributed by atoms with Crippen LogP contribution in [0.4, 0.5) is 0 Å². The van der Waals surface area contributed by atoms with E-state index in [1.807, 2.05) is 31.4 Å². The second-order valence-corrected chi connectivity index (χ2v) is 6.32. The van der Waals surface area contributed by atoms with Crippen LogP contribution in [0.15, 0.2) is 29.4 Å². The number of hydrogen-bond acceptors (Lipinski definition) is 3. The van der Waals surface area contributed by atoms with Crippen molar-refractivity contribution in [3.8, 4) is 0 Å². The summed E-state index contributed by atoms with van der Waals surface area (Å²) in [7, 11) is 1.81. The second kappa shape index (κ2) is 11.0. The minimum absolute atomic E-state index is 0.386. The zero-order chi connectivity index (χ0) is 17.0. The Bertz CT molecular complexity index is 472. The van der Waals surface area contributed by atoms with E-state index in [4.69, 9.17) is 4.74 Å². The molecule has 1 heterocycles. The molecule has 1 aliphatic carbocycles. The summed E-state index contributed by atoms with van der Waals surface area (Å²) < 4.78 is 5.97. The molecule has 0 amide bonds. The Hall–Kier alpha value is -1.62. The topological polar surface area (TPSA) is 58.5 Å². The Morgan fingerprint density at radius 2 is 2.08 bits per heavy atom. The first-order valence-corrected chi connectivity index (χ1v) is 9.29. The van der Waals surface area contributed by atoms with Gasteiger partial charge in [0.15, 0.2) is 5.96 Å². The van der Waals surface area contributed by atoms with Gasteiger partial charge in [0.05, 0.1) is 6.10 Å². The number of ether oxygens (including phenoxy) is 1. The van der Waals surface area contributed by atoms with Crippen molar-refractivity contribution in [2.24, 2.45) is 10.9 Å². The molecule has 0 radical (unpaired) electrons. The maximum Gasteiger partial charge on any atom is 0.190 e. The number of hydrogen-bond donors (Lipinski definition) is 2. The summed E-state index contributed by atoms with van der Waals surface area (Å²) in [6, 6.07) is 6.01. The van der Waals surface area contributed by atoms with Gasteiger partial charge in [-0.1, -0.05) is 18.9 Å². The molecule has 2 N–H and O–H groups in total. The highest BCUT2D eigenvalue weighted by molar-refractivity contribution is 5.79. The van der Waals surface area contributed by atoms with Crippen molar-refractivity contribution in [1.29, 1.82) is 0 Å². The van der Waals surface area contributed by atoms with Crippen LogP contribution in [0.5, 0.6) is 0 Å². The zero-order valence-corrected chi connectivity index (χ0v) is 15.1. The molecule has 1 aliphatic rings. The van der Waals surface area contributed by atoms with E-state index in [1.54, 1.807) is 0 Å². The van der Waals surface area contributed by atoms with Crippen LogP contribution in [0.3, 0.4) is 0 Å². The lowest BCUT2D eigenvalue weighted by Crippen LogP contribution is -2.40. The smallest absolute Gasteiger partial charge is 0.190 e. The van der Waals surface area contributed by atoms with E-state index < -0.39 is 0 Å². The number of nitrogens with zero attached hydrogens (tertiary/aromatic N) is 2. The molecule has 5 nitrogen and oxygen atoms in total. The molecule has 1 saturated carbocycles. The molecule has 134 valence electrons. The number of aromatic nitrogens is 1. The molecule has 1 aromatic heterocycles. The third kappa shape index (κ3) is 6.48. The van der Waals surface area contributed by atoms with E-state index in [0.717, 1.165) is 50.1 Å². The molecule has 24 heavy (non-hydrogen) atoms. The molecule has 1 fully saturated rings. The van der Waals surface area contributed by atoms with E-state index in [2.05, 4.69) is 27.5 Å². The standard InChI is InChI=1S/C19H32N4O/c1-3-24-18(16-8-4-5-9-16)12-15-23-19(20-2)22-14-11-17-10-6-7-13-21-17/h6-7,10,13,16,18H,3-5,8-9,11-12,14-15H2,1-2H3,(H2,20,22,23). The van der Waals surface area contributed by atoms with Crippen LogP contribution in [0, 0.1) is 5.92 Å². The third-order valence-corrected chi connectivity index (χ3v) is 4.65. The molecule has 0 saturated heterocycles. The highest BCUT2D eigenvalue weighted by Crippen LogP contribution is 2.30. The van der Waals surface area contributed by atoms with Crippen LogP contribution in [0.1, 0.15) is 44.7 Å². The highest BCUT2D eigenvalue weighted by Gasteiger charge is 2.24. The van der Waals surface area contributed by atoms with Crippen LogP contribution in [0.2, 0.25) is 0 Å². The molecule has 1 atom stereocenters. The summed E-state index contributed by atoms with van der Waals surface area (Å²) in [5.41, 5.74) is 1.10. The van der Waals surface area contributed by atoms with Crippen LogP contribution >= 0.6 is 0 Å². The van der Waals surface area contributed by atoms with Crippen LogP contribution in [0.25, 0.3) is 0 Å². The molecular weight excluding hydrogens is 300 g/mol. The number of nitrogens with one attached hydrogen (secondary N) is 2. The van der Waals surface area contributed by atoms with Gasteiger partial charge in [-0.15, -0.1) is 0 Å². The Morgan fingerprint density at radius 3 is 2.75 bits per heavy atom. The molecule has 0 aromatic carbocycles. The van der Waals surface area contributed by atoms with Gasteiger partial charge in [0.25, 0.3) is 0 Å². The lowest BCUT2D eigenvalue weighted by molar-refractivity contribution is 0.0169. The predicted octanol–water partition coefficient (Wildman–Crippen LogP) is 2.77. The molecular formula is C19H32N4O. The minimum Gasteiger partial charge on any atom is -0.378 e. The van der Waals surface area contributed by atoms with Crippen molar-refractivity contribution in [2.45, 2.75) is 51.6 Å². The molecule has 1 unspecified atom stereocenters. The molecule has 0 aliphatic heterocycles. The molecule has 5 heteroatoms. The normalized spacial score (nSPS) is 17.0. The van der Waals surface area contributed by atoms with E-state index >= 15 is 0 Å². The Labute approximate surface area is 146 Å². The van der Waals surface area contributed by atoms with Crippen molar-refractivity contribution in [1.82, 2.24) is 15.6 Å². The van der Waals surface area contributed by atoms with Gasteiger partial charge in [0, 0.05) is 45.1 Å². The number of pyridine rings is 1. The SMILES string of the molecule is CCOC(CCNC(=NC)NCCc1ccccn1)C1CCCC1. The molecule has 1 aromatic rings. The van der Waals surface area contributed by atoms with Crippen molar-refractivity contribution in [3.63, 3.8) is 0 Å². The molecule has 2 rings (SSSR count). The summed E-state index contributed by atoms with van der Waals surface area (Å²) >= 11 is 0. The molecule has 0 spiro atoms. The summed E-state index contributed by atoms with van der Waals surface area (Å²) in [4.78, 5) is 8.63. The first-order valence-electron chi connectivity index (χ1n) is 9.29. The van der Waals surface area contributed by atoms with Crippen molar-refractivity contribution in [3.05, 3.63) is 30.1 Å². The summed E-state index contributed by atoms with van der Waals surface area (Å²) in [5, 5.41) is 6.76. The number of rotatable bonds is 9. The van der Waals surface area contributed by atoms with E-state index in [-0.39, 0.29) is 0 Å². The van der Waals surface area contributed by atoms with Crippen molar-refractivity contribution < 1.29 is 4.74 Å². The molecule has 0 bridgehead atoms. The van der Waals surface area contributed by atoms with E-state index in [9.17, 15) is 0 Å². The van der Waals surface area contributed by atoms with Gasteiger partial charge in [-0.3, -0.25) is 9.98 Å². The van der Waals surface area contributed by atoms with E-state index in [0.29, 0.717) is 6.10 Å². The minimum atomic E-state index is 0.386. The summed E-state index contributed by atoms with van der Waals surface area (Å²) in [5.74, 6) is 1.60. The fourth-order valence-electron chi connectivity index (χ4n) is 3.41. The average Bonchev–Trinajstić information content (AvgIpc) is 3.15. The van der Waals surface area contributed by atoms with Crippen LogP contribution in [-0.2, 0) is 11.2 Å². The fraction of sp³-hybridized carbons (Fsp3) is 0.684. The van der Waals surface area contributed by atoms with Crippen LogP contribution in [-0.4, -0.2) is 43.8 Å². The third-order valence-electron chi connectivity index (χ3n) is 4.65. The maximum atomic E-state index is 5.97.